The Morgan fingerprint density at radius 1 is 1.21 bits per heavy atom. The van der Waals surface area contributed by atoms with Crippen molar-refractivity contribution in [2.75, 3.05) is 11.8 Å². The lowest BCUT2D eigenvalue weighted by Crippen LogP contribution is -2.16. The van der Waals surface area contributed by atoms with Crippen molar-refractivity contribution in [3.05, 3.63) is 58.6 Å². The van der Waals surface area contributed by atoms with Crippen LogP contribution in [-0.4, -0.2) is 26.5 Å². The highest BCUT2D eigenvalue weighted by molar-refractivity contribution is 7.92. The quantitative estimate of drug-likeness (QED) is 0.693. The molecule has 0 aliphatic rings. The van der Waals surface area contributed by atoms with E-state index in [2.05, 4.69) is 14.4 Å². The predicted molar refractivity (Wildman–Crippen MR) is 85.4 cm³/mol. The molecule has 0 aliphatic carbocycles. The summed E-state index contributed by atoms with van der Waals surface area (Å²) in [6.45, 7) is 0. The lowest BCUT2D eigenvalue weighted by atomic mass is 10.2. The summed E-state index contributed by atoms with van der Waals surface area (Å²) in [6, 6.07) is 10.00. The van der Waals surface area contributed by atoms with E-state index in [4.69, 9.17) is 4.42 Å². The highest BCUT2D eigenvalue weighted by Crippen LogP contribution is 2.22. The molecule has 9 heteroatoms. The molecule has 2 aromatic carbocycles. The highest BCUT2D eigenvalue weighted by atomic mass is 32.2. The van der Waals surface area contributed by atoms with Crippen LogP contribution in [0.1, 0.15) is 10.4 Å². The fourth-order valence-corrected chi connectivity index (χ4v) is 3.27. The number of ether oxygens (including phenoxy) is 1. The predicted octanol–water partition coefficient (Wildman–Crippen LogP) is 1.71. The molecule has 2 N–H and O–H groups in total. The highest BCUT2D eigenvalue weighted by Gasteiger charge is 2.19. The molecule has 0 unspecified atom stereocenters. The minimum atomic E-state index is -3.98. The van der Waals surface area contributed by atoms with E-state index in [0.717, 1.165) is 0 Å². The third kappa shape index (κ3) is 2.88. The molecular weight excluding hydrogens is 336 g/mol. The van der Waals surface area contributed by atoms with Crippen molar-refractivity contribution in [2.24, 2.45) is 0 Å². The van der Waals surface area contributed by atoms with Crippen LogP contribution < -0.4 is 10.5 Å². The van der Waals surface area contributed by atoms with Crippen LogP contribution >= 0.6 is 0 Å². The van der Waals surface area contributed by atoms with Crippen LogP contribution in [0.2, 0.25) is 0 Å². The number of H-pyrrole nitrogens is 1. The summed E-state index contributed by atoms with van der Waals surface area (Å²) >= 11 is 0. The molecule has 1 aromatic heterocycles. The Morgan fingerprint density at radius 2 is 1.96 bits per heavy atom. The summed E-state index contributed by atoms with van der Waals surface area (Å²) < 4.78 is 36.9. The molecule has 3 rings (SSSR count). The van der Waals surface area contributed by atoms with Crippen LogP contribution in [0.4, 0.5) is 5.69 Å². The number of aromatic nitrogens is 1. The number of esters is 1. The fraction of sp³-hybridized carbons (Fsp3) is 0.0667. The van der Waals surface area contributed by atoms with Crippen molar-refractivity contribution in [1.29, 1.82) is 0 Å². The number of para-hydroxylation sites is 1. The summed E-state index contributed by atoms with van der Waals surface area (Å²) in [7, 11) is -2.78. The first kappa shape index (κ1) is 15.8. The van der Waals surface area contributed by atoms with Crippen LogP contribution in [0, 0.1) is 0 Å². The van der Waals surface area contributed by atoms with Crippen molar-refractivity contribution in [2.45, 2.75) is 4.90 Å². The van der Waals surface area contributed by atoms with E-state index in [-0.39, 0.29) is 27.2 Å². The molecule has 0 fully saturated rings. The van der Waals surface area contributed by atoms with Crippen molar-refractivity contribution in [3.8, 4) is 0 Å². The first-order valence-corrected chi connectivity index (χ1v) is 8.22. The topological polar surface area (TPSA) is 118 Å². The number of oxazole rings is 1. The van der Waals surface area contributed by atoms with E-state index < -0.39 is 21.7 Å². The normalized spacial score (nSPS) is 11.4. The second-order valence-corrected chi connectivity index (χ2v) is 6.50. The zero-order valence-corrected chi connectivity index (χ0v) is 13.2. The minimum absolute atomic E-state index is 0.0846. The van der Waals surface area contributed by atoms with Gasteiger partial charge in [0.25, 0.3) is 10.0 Å². The van der Waals surface area contributed by atoms with E-state index in [1.54, 1.807) is 12.1 Å². The van der Waals surface area contributed by atoms with Crippen LogP contribution in [0.25, 0.3) is 11.1 Å². The number of hydrogen-bond acceptors (Lipinski definition) is 6. The lowest BCUT2D eigenvalue weighted by Gasteiger charge is -2.11. The van der Waals surface area contributed by atoms with E-state index >= 15 is 0 Å². The molecule has 124 valence electrons. The molecular formula is C15H12N2O6S. The number of methoxy groups -OCH3 is 1. The zero-order chi connectivity index (χ0) is 17.3. The molecule has 1 heterocycles. The van der Waals surface area contributed by atoms with Gasteiger partial charge in [0.05, 0.1) is 28.8 Å². The second-order valence-electron chi connectivity index (χ2n) is 4.82. The molecule has 0 aliphatic heterocycles. The fourth-order valence-electron chi connectivity index (χ4n) is 2.16. The monoisotopic (exact) mass is 348 g/mol. The number of hydrogen-bond donors (Lipinski definition) is 2. The number of rotatable bonds is 4. The third-order valence-electron chi connectivity index (χ3n) is 3.28. The maximum Gasteiger partial charge on any atom is 0.417 e. The summed E-state index contributed by atoms with van der Waals surface area (Å²) in [6.07, 6.45) is 0. The van der Waals surface area contributed by atoms with E-state index in [0.29, 0.717) is 0 Å². The molecule has 0 saturated heterocycles. The van der Waals surface area contributed by atoms with Gasteiger partial charge in [-0.2, -0.15) is 0 Å². The van der Waals surface area contributed by atoms with E-state index in [9.17, 15) is 18.0 Å². The summed E-state index contributed by atoms with van der Waals surface area (Å²) in [5.74, 6) is -1.34. The van der Waals surface area contributed by atoms with Crippen molar-refractivity contribution < 1.29 is 22.4 Å². The van der Waals surface area contributed by atoms with E-state index in [1.165, 1.54) is 37.4 Å². The number of aromatic amines is 1. The summed E-state index contributed by atoms with van der Waals surface area (Å²) in [5.41, 5.74) is 0.671. The number of carbonyl (C=O) groups is 1. The Kier molecular flexibility index (Phi) is 3.86. The molecule has 0 amide bonds. The van der Waals surface area contributed by atoms with Gasteiger partial charge in [0.15, 0.2) is 5.58 Å². The molecule has 0 bridgehead atoms. The van der Waals surface area contributed by atoms with E-state index in [1.807, 2.05) is 0 Å². The first-order valence-electron chi connectivity index (χ1n) is 6.74. The lowest BCUT2D eigenvalue weighted by molar-refractivity contribution is 0.0602. The Hall–Kier alpha value is -3.07. The van der Waals surface area contributed by atoms with Gasteiger partial charge in [-0.25, -0.2) is 18.0 Å². The number of benzene rings is 2. The van der Waals surface area contributed by atoms with Gasteiger partial charge in [-0.15, -0.1) is 0 Å². The summed E-state index contributed by atoms with van der Waals surface area (Å²) in [4.78, 5) is 25.2. The molecule has 0 atom stereocenters. The molecule has 3 aromatic rings. The Morgan fingerprint density at radius 3 is 2.71 bits per heavy atom. The average molecular weight is 348 g/mol. The SMILES string of the molecule is COC(=O)c1ccccc1NS(=O)(=O)c1ccc2oc(=O)[nH]c2c1. The van der Waals surface area contributed by atoms with Gasteiger partial charge in [-0.1, -0.05) is 12.1 Å². The Balaban J connectivity index is 2.02. The van der Waals surface area contributed by atoms with Gasteiger partial charge in [0.2, 0.25) is 0 Å². The largest absolute Gasteiger partial charge is 0.465 e. The average Bonchev–Trinajstić information content (AvgIpc) is 2.93. The van der Waals surface area contributed by atoms with Crippen LogP contribution in [0.3, 0.4) is 0 Å². The van der Waals surface area contributed by atoms with Crippen LogP contribution in [0.5, 0.6) is 0 Å². The maximum absolute atomic E-state index is 12.5. The Labute approximate surface area is 136 Å². The standard InChI is InChI=1S/C15H12N2O6S/c1-22-14(18)10-4-2-3-5-11(10)17-24(20,21)9-6-7-13-12(8-9)16-15(19)23-13/h2-8,17H,1H3,(H,16,19). The van der Waals surface area contributed by atoms with Crippen molar-refractivity contribution >= 4 is 32.8 Å². The Bertz CT molecular complexity index is 1080. The van der Waals surface area contributed by atoms with Crippen LogP contribution in [0.15, 0.2) is 56.6 Å². The summed E-state index contributed by atoms with van der Waals surface area (Å²) in [5, 5.41) is 0. The smallest absolute Gasteiger partial charge is 0.417 e. The zero-order valence-electron chi connectivity index (χ0n) is 12.4. The third-order valence-corrected chi connectivity index (χ3v) is 4.64. The van der Waals surface area contributed by atoms with Crippen molar-refractivity contribution in [1.82, 2.24) is 4.98 Å². The van der Waals surface area contributed by atoms with Gasteiger partial charge in [0.1, 0.15) is 0 Å². The van der Waals surface area contributed by atoms with Gasteiger partial charge in [-0.3, -0.25) is 9.71 Å². The second kappa shape index (κ2) is 5.85. The maximum atomic E-state index is 12.5. The van der Waals surface area contributed by atoms with Crippen molar-refractivity contribution in [3.63, 3.8) is 0 Å². The number of sulfonamides is 1. The van der Waals surface area contributed by atoms with Gasteiger partial charge in [0, 0.05) is 0 Å². The number of anilines is 1. The number of carbonyl (C=O) groups excluding carboxylic acids is 1. The molecule has 8 nitrogen and oxygen atoms in total. The first-order chi connectivity index (χ1) is 11.4. The molecule has 0 spiro atoms. The van der Waals surface area contributed by atoms with Gasteiger partial charge < -0.3 is 9.15 Å². The minimum Gasteiger partial charge on any atom is -0.465 e. The number of fused-ring (bicyclic) bond motifs is 1. The molecule has 0 saturated carbocycles. The molecule has 0 radical (unpaired) electrons. The van der Waals surface area contributed by atoms with Gasteiger partial charge in [-0.05, 0) is 30.3 Å². The van der Waals surface area contributed by atoms with Crippen LogP contribution in [-0.2, 0) is 14.8 Å². The molecule has 24 heavy (non-hydrogen) atoms. The van der Waals surface area contributed by atoms with Gasteiger partial charge >= 0.3 is 11.7 Å². The number of nitrogens with one attached hydrogen (secondary N) is 2.